The first-order valence-electron chi connectivity index (χ1n) is 18.9. The molecule has 1 aromatic rings. The first-order valence-corrected chi connectivity index (χ1v) is 18.9. The largest absolute Gasteiger partial charge is 0.393 e. The predicted molar refractivity (Wildman–Crippen MR) is 201 cm³/mol. The van der Waals surface area contributed by atoms with Crippen molar-refractivity contribution in [2.24, 2.45) is 23.7 Å². The van der Waals surface area contributed by atoms with Crippen molar-refractivity contribution < 1.29 is 33.9 Å². The zero-order valence-electron chi connectivity index (χ0n) is 32.6. The molecule has 0 bridgehead atoms. The summed E-state index contributed by atoms with van der Waals surface area (Å²) in [5.41, 5.74) is 0.834. The molecule has 0 aliphatic carbocycles. The number of Topliss-reactive ketones (excluding diaryl/α,β-unsaturated/α-hetero) is 3. The zero-order valence-corrected chi connectivity index (χ0v) is 32.6. The highest BCUT2D eigenvalue weighted by molar-refractivity contribution is 5.96. The summed E-state index contributed by atoms with van der Waals surface area (Å²) < 4.78 is 0. The van der Waals surface area contributed by atoms with Crippen molar-refractivity contribution in [3.05, 3.63) is 35.9 Å². The highest BCUT2D eigenvalue weighted by atomic mass is 16.3. The topological polar surface area (TPSA) is 162 Å². The Morgan fingerprint density at radius 1 is 0.745 bits per heavy atom. The Morgan fingerprint density at radius 2 is 1.39 bits per heavy atom. The number of aliphatic hydroxyl groups excluding tert-OH is 1. The fourth-order valence-electron chi connectivity index (χ4n) is 6.18. The number of hydrogen-bond donors (Lipinski definition) is 4. The van der Waals surface area contributed by atoms with Gasteiger partial charge in [0, 0.05) is 50.1 Å². The van der Waals surface area contributed by atoms with Crippen molar-refractivity contribution >= 4 is 35.1 Å². The number of amides is 3. The molecule has 0 aromatic heterocycles. The molecule has 11 heteroatoms. The molecular weight excluding hydrogens is 648 g/mol. The van der Waals surface area contributed by atoms with Gasteiger partial charge >= 0.3 is 0 Å². The van der Waals surface area contributed by atoms with Crippen LogP contribution in [-0.2, 0) is 35.2 Å². The molecule has 4 N–H and O–H groups in total. The molecule has 11 nitrogen and oxygen atoms in total. The van der Waals surface area contributed by atoms with Gasteiger partial charge in [0.05, 0.1) is 24.1 Å². The lowest BCUT2D eigenvalue weighted by molar-refractivity contribution is -0.136. The van der Waals surface area contributed by atoms with Crippen LogP contribution >= 0.6 is 0 Å². The maximum absolute atomic E-state index is 14.0. The van der Waals surface area contributed by atoms with Gasteiger partial charge < -0.3 is 26.0 Å². The van der Waals surface area contributed by atoms with E-state index in [1.54, 1.807) is 20.8 Å². The average molecular weight is 715 g/mol. The lowest BCUT2D eigenvalue weighted by Crippen LogP contribution is -2.48. The Morgan fingerprint density at radius 3 is 1.94 bits per heavy atom. The summed E-state index contributed by atoms with van der Waals surface area (Å²) in [6.07, 6.45) is 0.982. The SMILES string of the molecule is CCNC(=O)C(CC(=O)[C@H](CCCCN(CC)C(C)C)NC(=O)[C@@H](CC(=O)[C@H](C)NC(=O)[C@H](C)CC(=O)CC(C)C)Cc1ccccc1)[C@@H](C)O. The number of nitrogens with zero attached hydrogens (tertiary/aromatic N) is 1. The number of rotatable bonds is 26. The molecule has 0 aliphatic heterocycles. The minimum Gasteiger partial charge on any atom is -0.393 e. The summed E-state index contributed by atoms with van der Waals surface area (Å²) in [6, 6.07) is 7.83. The van der Waals surface area contributed by atoms with E-state index in [1.165, 1.54) is 6.92 Å². The van der Waals surface area contributed by atoms with Gasteiger partial charge in [-0.3, -0.25) is 28.8 Å². The number of carbonyl (C=O) groups excluding carboxylic acids is 6. The van der Waals surface area contributed by atoms with E-state index < -0.39 is 53.7 Å². The van der Waals surface area contributed by atoms with Gasteiger partial charge in [0.2, 0.25) is 17.7 Å². The number of unbranched alkanes of at least 4 members (excludes halogenated alkanes) is 1. The molecule has 1 rings (SSSR count). The quantitative estimate of drug-likeness (QED) is 0.103. The van der Waals surface area contributed by atoms with Crippen LogP contribution in [0.25, 0.3) is 0 Å². The van der Waals surface area contributed by atoms with Crippen LogP contribution < -0.4 is 16.0 Å². The monoisotopic (exact) mass is 714 g/mol. The molecule has 0 aliphatic rings. The number of benzene rings is 1. The number of carbonyl (C=O) groups is 6. The van der Waals surface area contributed by atoms with Gasteiger partial charge in [-0.25, -0.2) is 0 Å². The Kier molecular flexibility index (Phi) is 21.4. The highest BCUT2D eigenvalue weighted by Crippen LogP contribution is 2.19. The van der Waals surface area contributed by atoms with E-state index in [2.05, 4.69) is 41.6 Å². The maximum Gasteiger partial charge on any atom is 0.226 e. The average Bonchev–Trinajstić information content (AvgIpc) is 3.05. The minimum absolute atomic E-state index is 0.0105. The number of nitrogens with one attached hydrogen (secondary N) is 3. The first kappa shape index (κ1) is 45.6. The lowest BCUT2D eigenvalue weighted by atomic mass is 9.89. The Balaban J connectivity index is 3.22. The number of aliphatic hydroxyl groups is 1. The van der Waals surface area contributed by atoms with E-state index in [-0.39, 0.29) is 49.0 Å². The number of hydrogen-bond acceptors (Lipinski definition) is 8. The normalized spacial score (nSPS) is 15.1. The van der Waals surface area contributed by atoms with E-state index in [0.717, 1.165) is 25.1 Å². The molecule has 0 radical (unpaired) electrons. The van der Waals surface area contributed by atoms with Crippen molar-refractivity contribution in [2.75, 3.05) is 19.6 Å². The van der Waals surface area contributed by atoms with E-state index in [9.17, 15) is 33.9 Å². The van der Waals surface area contributed by atoms with Crippen molar-refractivity contribution in [1.82, 2.24) is 20.9 Å². The molecule has 0 saturated carbocycles. The molecule has 288 valence electrons. The van der Waals surface area contributed by atoms with Gasteiger partial charge in [-0.2, -0.15) is 0 Å². The minimum atomic E-state index is -1.07. The molecule has 0 fully saturated rings. The van der Waals surface area contributed by atoms with Crippen LogP contribution in [0.4, 0.5) is 0 Å². The van der Waals surface area contributed by atoms with Crippen LogP contribution in [-0.4, -0.2) is 88.9 Å². The van der Waals surface area contributed by atoms with Crippen molar-refractivity contribution in [2.45, 2.75) is 138 Å². The molecule has 1 aromatic carbocycles. The van der Waals surface area contributed by atoms with E-state index >= 15 is 0 Å². The second-order valence-corrected chi connectivity index (χ2v) is 14.7. The van der Waals surface area contributed by atoms with Crippen molar-refractivity contribution in [3.8, 4) is 0 Å². The summed E-state index contributed by atoms with van der Waals surface area (Å²) in [5.74, 6) is -4.24. The fraction of sp³-hybridized carbons (Fsp3) is 0.700. The van der Waals surface area contributed by atoms with Crippen LogP contribution in [0.3, 0.4) is 0 Å². The van der Waals surface area contributed by atoms with Crippen molar-refractivity contribution in [3.63, 3.8) is 0 Å². The Bertz CT molecular complexity index is 1250. The second-order valence-electron chi connectivity index (χ2n) is 14.7. The molecule has 0 heterocycles. The van der Waals surface area contributed by atoms with Crippen LogP contribution in [0.15, 0.2) is 30.3 Å². The van der Waals surface area contributed by atoms with E-state index in [4.69, 9.17) is 0 Å². The number of ketones is 3. The summed E-state index contributed by atoms with van der Waals surface area (Å²) in [6.45, 7) is 18.8. The standard InChI is InChI=1S/C40H66N4O7/c1-10-41-40(51)34(30(9)45)25-37(48)35(19-15-16-20-44(11-2)27(5)6)43-39(50)32(23-31-17-13-12-14-18-31)24-36(47)29(8)42-38(49)28(7)22-33(46)21-26(3)4/h12-14,17-18,26-30,32,34-35,45H,10-11,15-16,19-25H2,1-9H3,(H,41,51)(H,42,49)(H,43,50)/t28-,29+,30-,32-,34?,35+/m1/s1. The van der Waals surface area contributed by atoms with E-state index in [0.29, 0.717) is 31.8 Å². The van der Waals surface area contributed by atoms with Gasteiger partial charge in [0.15, 0.2) is 11.6 Å². The first-order chi connectivity index (χ1) is 24.0. The van der Waals surface area contributed by atoms with Gasteiger partial charge in [-0.15, -0.1) is 0 Å². The third kappa shape index (κ3) is 17.6. The molecule has 3 amide bonds. The second kappa shape index (κ2) is 23.9. The van der Waals surface area contributed by atoms with Gasteiger partial charge in [0.1, 0.15) is 5.78 Å². The third-order valence-electron chi connectivity index (χ3n) is 9.32. The summed E-state index contributed by atoms with van der Waals surface area (Å²) in [7, 11) is 0. The van der Waals surface area contributed by atoms with Crippen molar-refractivity contribution in [1.29, 1.82) is 0 Å². The van der Waals surface area contributed by atoms with Gasteiger partial charge in [-0.1, -0.05) is 58.0 Å². The van der Waals surface area contributed by atoms with Gasteiger partial charge in [-0.05, 0) is 84.9 Å². The summed E-state index contributed by atoms with van der Waals surface area (Å²) in [5, 5.41) is 18.7. The predicted octanol–water partition coefficient (Wildman–Crippen LogP) is 4.43. The fourth-order valence-corrected chi connectivity index (χ4v) is 6.18. The Labute approximate surface area is 306 Å². The Hall–Kier alpha value is -3.44. The van der Waals surface area contributed by atoms with Gasteiger partial charge in [0.25, 0.3) is 0 Å². The molecular formula is C40H66N4O7. The zero-order chi connectivity index (χ0) is 38.7. The summed E-state index contributed by atoms with van der Waals surface area (Å²) in [4.78, 5) is 81.5. The molecule has 1 unspecified atom stereocenters. The maximum atomic E-state index is 14.0. The van der Waals surface area contributed by atoms with E-state index in [1.807, 2.05) is 44.2 Å². The van der Waals surface area contributed by atoms with Crippen LogP contribution in [0, 0.1) is 23.7 Å². The van der Waals surface area contributed by atoms with Crippen LogP contribution in [0.1, 0.15) is 113 Å². The molecule has 0 spiro atoms. The van der Waals surface area contributed by atoms with Crippen LogP contribution in [0.2, 0.25) is 0 Å². The molecule has 0 saturated heterocycles. The lowest BCUT2D eigenvalue weighted by Gasteiger charge is -2.27. The third-order valence-corrected chi connectivity index (χ3v) is 9.32. The van der Waals surface area contributed by atoms with Crippen LogP contribution in [0.5, 0.6) is 0 Å². The smallest absolute Gasteiger partial charge is 0.226 e. The molecule has 51 heavy (non-hydrogen) atoms. The highest BCUT2D eigenvalue weighted by Gasteiger charge is 2.33. The molecule has 6 atom stereocenters. The summed E-state index contributed by atoms with van der Waals surface area (Å²) >= 11 is 0.